The molecule has 1 heterocycles. The molecule has 0 spiro atoms. The standard InChI is InChI=1S/C28H18O4S/c29-33(30,20-10-2-1-3-11-20)21-12-8-9-19(17-21)24-18-27-28(23-14-5-4-13-22(23)24)32-26-16-7-6-15-25(26)31-27/h1-18H. The zero-order valence-corrected chi connectivity index (χ0v) is 18.3. The first kappa shape index (κ1) is 19.6. The van der Waals surface area contributed by atoms with Crippen LogP contribution in [0.2, 0.25) is 0 Å². The van der Waals surface area contributed by atoms with E-state index in [-0.39, 0.29) is 9.79 Å². The van der Waals surface area contributed by atoms with Gasteiger partial charge in [-0.15, -0.1) is 0 Å². The minimum Gasteiger partial charge on any atom is -0.449 e. The minimum absolute atomic E-state index is 0.246. The highest BCUT2D eigenvalue weighted by Gasteiger charge is 2.24. The minimum atomic E-state index is -3.64. The molecule has 33 heavy (non-hydrogen) atoms. The molecule has 4 nitrogen and oxygen atoms in total. The molecule has 0 saturated heterocycles. The molecule has 5 heteroatoms. The molecule has 5 aromatic rings. The molecule has 0 saturated carbocycles. The second-order valence-electron chi connectivity index (χ2n) is 7.79. The van der Waals surface area contributed by atoms with E-state index in [1.807, 2.05) is 60.7 Å². The number of ether oxygens (including phenoxy) is 2. The molecule has 0 aliphatic carbocycles. The van der Waals surface area contributed by atoms with Crippen LogP contribution in [-0.2, 0) is 9.84 Å². The number of rotatable bonds is 3. The van der Waals surface area contributed by atoms with Gasteiger partial charge >= 0.3 is 0 Å². The summed E-state index contributed by atoms with van der Waals surface area (Å²) in [6.45, 7) is 0. The molecule has 0 aromatic heterocycles. The summed E-state index contributed by atoms with van der Waals surface area (Å²) in [4.78, 5) is 0.515. The van der Waals surface area contributed by atoms with E-state index in [0.717, 1.165) is 21.9 Å². The highest BCUT2D eigenvalue weighted by atomic mass is 32.2. The van der Waals surface area contributed by atoms with Crippen molar-refractivity contribution >= 4 is 20.6 Å². The predicted octanol–water partition coefficient (Wildman–Crippen LogP) is 7.24. The Morgan fingerprint density at radius 2 is 1.15 bits per heavy atom. The monoisotopic (exact) mass is 450 g/mol. The lowest BCUT2D eigenvalue weighted by molar-refractivity contribution is 0.363. The SMILES string of the molecule is O=S(=O)(c1ccccc1)c1cccc(-c2cc3c(c4ccccc24)Oc2ccccc2O3)c1. The molecule has 6 rings (SSSR count). The molecular formula is C28H18O4S. The molecule has 0 fully saturated rings. The Bertz CT molecular complexity index is 1620. The fourth-order valence-corrected chi connectivity index (χ4v) is 5.48. The molecule has 0 unspecified atom stereocenters. The van der Waals surface area contributed by atoms with Gasteiger partial charge in [0.05, 0.1) is 9.79 Å². The maximum atomic E-state index is 13.2. The number of hydrogen-bond acceptors (Lipinski definition) is 4. The van der Waals surface area contributed by atoms with E-state index in [9.17, 15) is 8.42 Å². The van der Waals surface area contributed by atoms with E-state index in [4.69, 9.17) is 9.47 Å². The van der Waals surface area contributed by atoms with Gasteiger partial charge in [0.25, 0.3) is 0 Å². The molecule has 1 aliphatic rings. The highest BCUT2D eigenvalue weighted by molar-refractivity contribution is 7.91. The first-order valence-corrected chi connectivity index (χ1v) is 12.0. The van der Waals surface area contributed by atoms with Crippen molar-refractivity contribution in [2.75, 3.05) is 0 Å². The molecule has 0 atom stereocenters. The number of para-hydroxylation sites is 2. The maximum absolute atomic E-state index is 13.2. The van der Waals surface area contributed by atoms with Gasteiger partial charge < -0.3 is 9.47 Å². The quantitative estimate of drug-likeness (QED) is 0.285. The van der Waals surface area contributed by atoms with E-state index < -0.39 is 9.84 Å². The predicted molar refractivity (Wildman–Crippen MR) is 128 cm³/mol. The van der Waals surface area contributed by atoms with Gasteiger partial charge in [0.2, 0.25) is 9.84 Å². The first-order chi connectivity index (χ1) is 16.1. The van der Waals surface area contributed by atoms with Crippen LogP contribution in [0.15, 0.2) is 119 Å². The van der Waals surface area contributed by atoms with Gasteiger partial charge in [-0.2, -0.15) is 0 Å². The molecule has 1 aliphatic heterocycles. The van der Waals surface area contributed by atoms with Crippen molar-refractivity contribution in [3.05, 3.63) is 109 Å². The fourth-order valence-electron chi connectivity index (χ4n) is 4.16. The van der Waals surface area contributed by atoms with E-state index in [1.165, 1.54) is 0 Å². The Morgan fingerprint density at radius 3 is 1.94 bits per heavy atom. The van der Waals surface area contributed by atoms with E-state index in [2.05, 4.69) is 0 Å². The van der Waals surface area contributed by atoms with Crippen molar-refractivity contribution in [2.45, 2.75) is 9.79 Å². The smallest absolute Gasteiger partial charge is 0.206 e. The topological polar surface area (TPSA) is 52.6 Å². The van der Waals surface area contributed by atoms with Crippen molar-refractivity contribution in [2.24, 2.45) is 0 Å². The van der Waals surface area contributed by atoms with E-state index in [1.54, 1.807) is 48.5 Å². The molecule has 160 valence electrons. The number of hydrogen-bond donors (Lipinski definition) is 0. The van der Waals surface area contributed by atoms with Crippen LogP contribution in [0.3, 0.4) is 0 Å². The summed E-state index contributed by atoms with van der Waals surface area (Å²) < 4.78 is 38.8. The summed E-state index contributed by atoms with van der Waals surface area (Å²) in [5.41, 5.74) is 1.66. The first-order valence-electron chi connectivity index (χ1n) is 10.5. The van der Waals surface area contributed by atoms with Crippen molar-refractivity contribution in [3.8, 4) is 34.1 Å². The van der Waals surface area contributed by atoms with Crippen molar-refractivity contribution in [1.82, 2.24) is 0 Å². The summed E-state index contributed by atoms with van der Waals surface area (Å²) >= 11 is 0. The van der Waals surface area contributed by atoms with Crippen LogP contribution in [0.25, 0.3) is 21.9 Å². The van der Waals surface area contributed by atoms with Crippen LogP contribution in [-0.4, -0.2) is 8.42 Å². The molecule has 0 amide bonds. The second-order valence-corrected chi connectivity index (χ2v) is 9.74. The Morgan fingerprint density at radius 1 is 0.515 bits per heavy atom. The zero-order valence-electron chi connectivity index (χ0n) is 17.4. The van der Waals surface area contributed by atoms with E-state index in [0.29, 0.717) is 23.0 Å². The van der Waals surface area contributed by atoms with Gasteiger partial charge in [0.15, 0.2) is 23.0 Å². The third-order valence-electron chi connectivity index (χ3n) is 5.75. The third kappa shape index (κ3) is 3.25. The summed E-state index contributed by atoms with van der Waals surface area (Å²) in [7, 11) is -3.64. The zero-order chi connectivity index (χ0) is 22.4. The van der Waals surface area contributed by atoms with Gasteiger partial charge in [-0.3, -0.25) is 0 Å². The molecule has 0 N–H and O–H groups in total. The fraction of sp³-hybridized carbons (Fsp3) is 0. The van der Waals surface area contributed by atoms with Gasteiger partial charge in [-0.25, -0.2) is 8.42 Å². The second kappa shape index (κ2) is 7.50. The van der Waals surface area contributed by atoms with Crippen LogP contribution in [0.5, 0.6) is 23.0 Å². The van der Waals surface area contributed by atoms with Crippen molar-refractivity contribution < 1.29 is 17.9 Å². The summed E-state index contributed by atoms with van der Waals surface area (Å²) in [5.74, 6) is 2.56. The van der Waals surface area contributed by atoms with Gasteiger partial charge in [0, 0.05) is 5.39 Å². The van der Waals surface area contributed by atoms with Crippen LogP contribution in [0, 0.1) is 0 Å². The Kier molecular flexibility index (Phi) is 4.45. The van der Waals surface area contributed by atoms with Crippen molar-refractivity contribution in [1.29, 1.82) is 0 Å². The lowest BCUT2D eigenvalue weighted by Gasteiger charge is -2.23. The van der Waals surface area contributed by atoms with Gasteiger partial charge in [-0.05, 0) is 59.0 Å². The summed E-state index contributed by atoms with van der Waals surface area (Å²) in [5, 5.41) is 1.85. The largest absolute Gasteiger partial charge is 0.449 e. The maximum Gasteiger partial charge on any atom is 0.206 e. The van der Waals surface area contributed by atoms with Gasteiger partial charge in [-0.1, -0.05) is 66.7 Å². The van der Waals surface area contributed by atoms with E-state index >= 15 is 0 Å². The third-order valence-corrected chi connectivity index (χ3v) is 7.52. The summed E-state index contributed by atoms with van der Waals surface area (Å²) in [6.07, 6.45) is 0. The Balaban J connectivity index is 1.53. The number of sulfone groups is 1. The molecule has 0 bridgehead atoms. The van der Waals surface area contributed by atoms with Gasteiger partial charge in [0.1, 0.15) is 0 Å². The van der Waals surface area contributed by atoms with Crippen LogP contribution >= 0.6 is 0 Å². The Hall–Kier alpha value is -4.09. The summed E-state index contributed by atoms with van der Waals surface area (Å²) in [6, 6.07) is 32.9. The molecular weight excluding hydrogens is 432 g/mol. The van der Waals surface area contributed by atoms with Crippen LogP contribution in [0.4, 0.5) is 0 Å². The normalized spacial score (nSPS) is 12.4. The average molecular weight is 451 g/mol. The molecule has 5 aromatic carbocycles. The van der Waals surface area contributed by atoms with Crippen molar-refractivity contribution in [3.63, 3.8) is 0 Å². The number of fused-ring (bicyclic) bond motifs is 4. The van der Waals surface area contributed by atoms with Crippen LogP contribution in [0.1, 0.15) is 0 Å². The Labute approximate surface area is 191 Å². The number of benzene rings is 5. The average Bonchev–Trinajstić information content (AvgIpc) is 2.88. The highest BCUT2D eigenvalue weighted by Crippen LogP contribution is 2.50. The molecule has 0 radical (unpaired) electrons. The lowest BCUT2D eigenvalue weighted by Crippen LogP contribution is -2.02. The van der Waals surface area contributed by atoms with Crippen LogP contribution < -0.4 is 9.47 Å². The lowest BCUT2D eigenvalue weighted by atomic mass is 9.97.